The molecule has 0 aromatic carbocycles. The smallest absolute Gasteiger partial charge is 0.234 e. The highest BCUT2D eigenvalue weighted by atomic mass is 32.1. The molecule has 0 aliphatic rings. The number of quaternary nitrogens is 1. The summed E-state index contributed by atoms with van der Waals surface area (Å²) in [6.07, 6.45) is 10.9. The van der Waals surface area contributed by atoms with Gasteiger partial charge in [0.2, 0.25) is 7.94 Å². The van der Waals surface area contributed by atoms with Crippen LogP contribution in [0.2, 0.25) is 0 Å². The van der Waals surface area contributed by atoms with Crippen molar-refractivity contribution in [2.75, 3.05) is 46.2 Å². The van der Waals surface area contributed by atoms with Crippen LogP contribution in [0.1, 0.15) is 57.8 Å². The van der Waals surface area contributed by atoms with Crippen LogP contribution in [0.5, 0.6) is 0 Å². The van der Waals surface area contributed by atoms with Gasteiger partial charge in [-0.3, -0.25) is 0 Å². The third kappa shape index (κ3) is 17.0. The lowest BCUT2D eigenvalue weighted by atomic mass is 10.1. The molecule has 0 amide bonds. The Labute approximate surface area is 143 Å². The van der Waals surface area contributed by atoms with E-state index < -0.39 is 7.94 Å². The SMILES string of the molecule is C[N+](C)(C)CCO[P+]([O-])(O)CCCCCCCCCCCS. The van der Waals surface area contributed by atoms with Crippen LogP contribution in [0.4, 0.5) is 0 Å². The van der Waals surface area contributed by atoms with Gasteiger partial charge in [-0.2, -0.15) is 12.6 Å². The highest BCUT2D eigenvalue weighted by molar-refractivity contribution is 7.80. The van der Waals surface area contributed by atoms with E-state index in [1.165, 1.54) is 38.5 Å². The molecule has 0 fully saturated rings. The van der Waals surface area contributed by atoms with Crippen molar-refractivity contribution in [1.29, 1.82) is 0 Å². The zero-order valence-corrected chi connectivity index (χ0v) is 16.6. The van der Waals surface area contributed by atoms with Crippen LogP contribution >= 0.6 is 20.6 Å². The number of hydrogen-bond acceptors (Lipinski definition) is 4. The van der Waals surface area contributed by atoms with Gasteiger partial charge in [0.05, 0.1) is 21.1 Å². The summed E-state index contributed by atoms with van der Waals surface area (Å²) in [5.41, 5.74) is 0. The summed E-state index contributed by atoms with van der Waals surface area (Å²) < 4.78 is 5.92. The quantitative estimate of drug-likeness (QED) is 0.205. The van der Waals surface area contributed by atoms with E-state index in [2.05, 4.69) is 12.6 Å². The standard InChI is InChI=1S/C16H36NO3PS/c1-17(2,3)13-14-20-21(18,19)15-11-9-7-5-4-6-8-10-12-16-22/h4-16H2,1-3H3,(H-,18,19,22)/p+1. The fraction of sp³-hybridized carbons (Fsp3) is 1.00. The number of likely N-dealkylation sites (N-methyl/N-ethyl adjacent to an activating group) is 1. The lowest BCUT2D eigenvalue weighted by molar-refractivity contribution is -0.870. The first-order valence-electron chi connectivity index (χ1n) is 8.64. The number of thiol groups is 1. The fourth-order valence-corrected chi connectivity index (χ4v) is 3.53. The maximum atomic E-state index is 11.9. The molecule has 0 aromatic heterocycles. The molecule has 0 heterocycles. The average molecular weight is 355 g/mol. The summed E-state index contributed by atoms with van der Waals surface area (Å²) in [5.74, 6) is 0.998. The van der Waals surface area contributed by atoms with E-state index in [0.29, 0.717) is 12.8 Å². The first-order valence-corrected chi connectivity index (χ1v) is 11.0. The molecule has 1 unspecified atom stereocenters. The molecule has 6 heteroatoms. The van der Waals surface area contributed by atoms with E-state index in [0.717, 1.165) is 36.0 Å². The van der Waals surface area contributed by atoms with Crippen molar-refractivity contribution in [2.24, 2.45) is 0 Å². The van der Waals surface area contributed by atoms with Crippen LogP contribution in [0.15, 0.2) is 0 Å². The van der Waals surface area contributed by atoms with Crippen molar-refractivity contribution in [3.63, 3.8) is 0 Å². The predicted octanol–water partition coefficient (Wildman–Crippen LogP) is 3.27. The zero-order chi connectivity index (χ0) is 16.9. The molecule has 0 aliphatic heterocycles. The van der Waals surface area contributed by atoms with Crippen molar-refractivity contribution in [1.82, 2.24) is 0 Å². The molecule has 0 spiro atoms. The van der Waals surface area contributed by atoms with E-state index in [-0.39, 0.29) is 0 Å². The summed E-state index contributed by atoms with van der Waals surface area (Å²) in [5, 5.41) is 0. The highest BCUT2D eigenvalue weighted by Gasteiger charge is 2.25. The zero-order valence-electron chi connectivity index (χ0n) is 14.8. The number of rotatable bonds is 15. The third-order valence-electron chi connectivity index (χ3n) is 3.65. The molecule has 0 radical (unpaired) electrons. The van der Waals surface area contributed by atoms with Gasteiger partial charge in [-0.25, -0.2) is 9.42 Å². The molecule has 0 rings (SSSR count). The van der Waals surface area contributed by atoms with Crippen molar-refractivity contribution < 1.29 is 18.8 Å². The van der Waals surface area contributed by atoms with E-state index >= 15 is 0 Å². The van der Waals surface area contributed by atoms with E-state index in [4.69, 9.17) is 4.52 Å². The van der Waals surface area contributed by atoms with Gasteiger partial charge in [-0.05, 0) is 25.0 Å². The summed E-state index contributed by atoms with van der Waals surface area (Å²) in [6.45, 7) is 1.10. The maximum absolute atomic E-state index is 11.9. The average Bonchev–Trinajstić information content (AvgIpc) is 2.39. The van der Waals surface area contributed by atoms with Gasteiger partial charge in [0.1, 0.15) is 19.3 Å². The minimum atomic E-state index is -3.37. The van der Waals surface area contributed by atoms with Crippen molar-refractivity contribution in [2.45, 2.75) is 57.8 Å². The monoisotopic (exact) mass is 354 g/mol. The van der Waals surface area contributed by atoms with Gasteiger partial charge < -0.3 is 9.38 Å². The molecule has 1 atom stereocenters. The second-order valence-corrected chi connectivity index (χ2v) is 9.54. The van der Waals surface area contributed by atoms with Crippen LogP contribution in [-0.4, -0.2) is 55.6 Å². The predicted molar refractivity (Wildman–Crippen MR) is 98.3 cm³/mol. The second-order valence-electron chi connectivity index (χ2n) is 7.11. The van der Waals surface area contributed by atoms with Gasteiger partial charge in [-0.1, -0.05) is 38.5 Å². The van der Waals surface area contributed by atoms with Crippen molar-refractivity contribution >= 4 is 20.6 Å². The summed E-state index contributed by atoms with van der Waals surface area (Å²) in [4.78, 5) is 21.6. The highest BCUT2D eigenvalue weighted by Crippen LogP contribution is 2.46. The minimum absolute atomic E-state index is 0.298. The van der Waals surface area contributed by atoms with Gasteiger partial charge in [0, 0.05) is 0 Å². The Kier molecular flexibility index (Phi) is 13.3. The largest absolute Gasteiger partial charge is 0.632 e. The normalized spacial score (nSPS) is 15.0. The molecule has 1 N–H and O–H groups in total. The van der Waals surface area contributed by atoms with Crippen LogP contribution in [0.25, 0.3) is 0 Å². The first kappa shape index (κ1) is 22.6. The topological polar surface area (TPSA) is 52.5 Å². The van der Waals surface area contributed by atoms with Gasteiger partial charge in [0.25, 0.3) is 0 Å². The molecule has 0 saturated heterocycles. The molecular formula is C16H37NO3PS+. The number of hydrogen-bond donors (Lipinski definition) is 2. The van der Waals surface area contributed by atoms with Crippen LogP contribution in [0.3, 0.4) is 0 Å². The summed E-state index contributed by atoms with van der Waals surface area (Å²) in [6, 6.07) is 0. The number of unbranched alkanes of at least 4 members (excludes halogenated alkanes) is 8. The summed E-state index contributed by atoms with van der Waals surface area (Å²) in [7, 11) is 2.77. The Morgan fingerprint density at radius 3 is 1.82 bits per heavy atom. The Bertz CT molecular complexity index is 260. The van der Waals surface area contributed by atoms with E-state index in [1.54, 1.807) is 0 Å². The molecule has 0 aliphatic carbocycles. The molecular weight excluding hydrogens is 317 g/mol. The molecule has 22 heavy (non-hydrogen) atoms. The molecule has 0 aromatic rings. The third-order valence-corrected chi connectivity index (χ3v) is 5.44. The van der Waals surface area contributed by atoms with Crippen LogP contribution in [-0.2, 0) is 4.52 Å². The number of nitrogens with zero attached hydrogens (tertiary/aromatic N) is 1. The molecule has 0 bridgehead atoms. The molecule has 0 saturated carbocycles. The fourth-order valence-electron chi connectivity index (χ4n) is 2.18. The minimum Gasteiger partial charge on any atom is -0.632 e. The summed E-state index contributed by atoms with van der Waals surface area (Å²) >= 11 is 4.21. The Balaban J connectivity index is 3.41. The molecule has 4 nitrogen and oxygen atoms in total. The van der Waals surface area contributed by atoms with E-state index in [1.807, 2.05) is 21.1 Å². The van der Waals surface area contributed by atoms with Gasteiger partial charge in [0.15, 0.2) is 0 Å². The van der Waals surface area contributed by atoms with Crippen LogP contribution < -0.4 is 4.89 Å². The Morgan fingerprint density at radius 2 is 1.36 bits per heavy atom. The lowest BCUT2D eigenvalue weighted by Gasteiger charge is -2.26. The van der Waals surface area contributed by atoms with Crippen molar-refractivity contribution in [3.05, 3.63) is 0 Å². The van der Waals surface area contributed by atoms with Gasteiger partial charge >= 0.3 is 0 Å². The first-order chi connectivity index (χ1) is 10.3. The lowest BCUT2D eigenvalue weighted by Crippen LogP contribution is -2.38. The van der Waals surface area contributed by atoms with E-state index in [9.17, 15) is 9.79 Å². The second kappa shape index (κ2) is 13.0. The van der Waals surface area contributed by atoms with Gasteiger partial charge in [-0.15, -0.1) is 0 Å². The maximum Gasteiger partial charge on any atom is 0.234 e. The molecule has 134 valence electrons. The Morgan fingerprint density at radius 1 is 0.909 bits per heavy atom. The van der Waals surface area contributed by atoms with Crippen LogP contribution in [0, 0.1) is 0 Å². The Hall–Kier alpha value is 0.620. The van der Waals surface area contributed by atoms with Crippen molar-refractivity contribution in [3.8, 4) is 0 Å².